The van der Waals surface area contributed by atoms with Crippen LogP contribution in [0.25, 0.3) is 0 Å². The molecule has 150 valence electrons. The van der Waals surface area contributed by atoms with Crippen LogP contribution in [0.3, 0.4) is 0 Å². The van der Waals surface area contributed by atoms with E-state index in [1.807, 2.05) is 36.5 Å². The van der Waals surface area contributed by atoms with Crippen LogP contribution in [0.15, 0.2) is 66.9 Å². The fraction of sp³-hybridized carbons (Fsp3) is 0.320. The number of aromatic nitrogens is 1. The van der Waals surface area contributed by atoms with Gasteiger partial charge in [0.25, 0.3) is 0 Å². The van der Waals surface area contributed by atoms with Crippen LogP contribution in [0.1, 0.15) is 48.4 Å². The van der Waals surface area contributed by atoms with Crippen molar-refractivity contribution in [2.24, 2.45) is 0 Å². The van der Waals surface area contributed by atoms with Gasteiger partial charge in [-0.3, -0.25) is 4.98 Å². The van der Waals surface area contributed by atoms with Gasteiger partial charge in [-0.05, 0) is 79.6 Å². The van der Waals surface area contributed by atoms with Crippen LogP contribution in [0.2, 0.25) is 0 Å². The zero-order valence-electron chi connectivity index (χ0n) is 16.9. The van der Waals surface area contributed by atoms with Gasteiger partial charge < -0.3 is 15.2 Å². The Bertz CT molecular complexity index is 919. The van der Waals surface area contributed by atoms with Gasteiger partial charge >= 0.3 is 0 Å². The summed E-state index contributed by atoms with van der Waals surface area (Å²) in [4.78, 5) is 4.63. The van der Waals surface area contributed by atoms with Gasteiger partial charge in [-0.25, -0.2) is 0 Å². The van der Waals surface area contributed by atoms with Crippen molar-refractivity contribution in [3.05, 3.63) is 83.7 Å². The molecule has 29 heavy (non-hydrogen) atoms. The fourth-order valence-electron chi connectivity index (χ4n) is 4.07. The summed E-state index contributed by atoms with van der Waals surface area (Å²) in [6.45, 7) is 0. The molecule has 1 aromatic heterocycles. The molecule has 1 heterocycles. The number of ether oxygens (including phenoxy) is 2. The Hall–Kier alpha value is -3.01. The second-order valence-corrected chi connectivity index (χ2v) is 7.69. The summed E-state index contributed by atoms with van der Waals surface area (Å²) < 4.78 is 11.8. The predicted octanol–water partition coefficient (Wildman–Crippen LogP) is 5.37. The minimum Gasteiger partial charge on any atom is -0.493 e. The summed E-state index contributed by atoms with van der Waals surface area (Å²) in [6, 6.07) is 20.4. The first-order chi connectivity index (χ1) is 14.2. The van der Waals surface area contributed by atoms with Crippen molar-refractivity contribution in [3.63, 3.8) is 0 Å². The molecule has 3 aromatic rings. The second kappa shape index (κ2) is 8.99. The van der Waals surface area contributed by atoms with Crippen LogP contribution in [-0.2, 0) is 6.42 Å². The van der Waals surface area contributed by atoms with Crippen molar-refractivity contribution in [3.8, 4) is 11.5 Å². The topological polar surface area (TPSA) is 57.4 Å². The Morgan fingerprint density at radius 1 is 1.00 bits per heavy atom. The van der Waals surface area contributed by atoms with Crippen LogP contribution in [-0.4, -0.2) is 18.2 Å². The van der Waals surface area contributed by atoms with Crippen LogP contribution in [0.5, 0.6) is 11.5 Å². The molecule has 1 fully saturated rings. The second-order valence-electron chi connectivity index (χ2n) is 7.69. The number of methoxy groups -OCH3 is 1. The van der Waals surface area contributed by atoms with Gasteiger partial charge in [0, 0.05) is 23.5 Å². The molecule has 1 atom stereocenters. The van der Waals surface area contributed by atoms with E-state index < -0.39 is 0 Å². The van der Waals surface area contributed by atoms with Crippen LogP contribution >= 0.6 is 0 Å². The molecule has 0 bridgehead atoms. The smallest absolute Gasteiger partial charge is 0.161 e. The summed E-state index contributed by atoms with van der Waals surface area (Å²) in [5.74, 6) is 1.78. The molecule has 4 nitrogen and oxygen atoms in total. The number of nitrogens with two attached hydrogens (primary N) is 1. The Morgan fingerprint density at radius 2 is 1.79 bits per heavy atom. The van der Waals surface area contributed by atoms with Crippen LogP contribution < -0.4 is 15.2 Å². The van der Waals surface area contributed by atoms with E-state index in [4.69, 9.17) is 15.2 Å². The molecule has 1 saturated carbocycles. The van der Waals surface area contributed by atoms with Crippen molar-refractivity contribution in [2.75, 3.05) is 12.8 Å². The number of hydrogen-bond donors (Lipinski definition) is 1. The van der Waals surface area contributed by atoms with E-state index in [-0.39, 0.29) is 5.92 Å². The highest BCUT2D eigenvalue weighted by Crippen LogP contribution is 2.35. The number of hydrogen-bond acceptors (Lipinski definition) is 4. The molecule has 0 aliphatic heterocycles. The van der Waals surface area contributed by atoms with E-state index in [0.29, 0.717) is 6.10 Å². The molecular formula is C25H28N2O2. The first-order valence-electron chi connectivity index (χ1n) is 10.3. The van der Waals surface area contributed by atoms with Crippen molar-refractivity contribution < 1.29 is 9.47 Å². The maximum atomic E-state index is 6.29. The lowest BCUT2D eigenvalue weighted by Gasteiger charge is -2.20. The van der Waals surface area contributed by atoms with E-state index in [0.717, 1.165) is 42.1 Å². The molecule has 0 radical (unpaired) electrons. The molecule has 1 aliphatic carbocycles. The van der Waals surface area contributed by atoms with E-state index in [1.54, 1.807) is 7.11 Å². The van der Waals surface area contributed by atoms with Gasteiger partial charge in [-0.1, -0.05) is 24.3 Å². The highest BCUT2D eigenvalue weighted by molar-refractivity contribution is 5.46. The van der Waals surface area contributed by atoms with Crippen LogP contribution in [0, 0.1) is 0 Å². The third-order valence-corrected chi connectivity index (χ3v) is 5.65. The molecule has 4 heteroatoms. The molecule has 1 unspecified atom stereocenters. The van der Waals surface area contributed by atoms with Gasteiger partial charge in [-0.15, -0.1) is 0 Å². The lowest BCUT2D eigenvalue weighted by molar-refractivity contribution is 0.200. The zero-order valence-corrected chi connectivity index (χ0v) is 16.9. The number of anilines is 1. The number of nitrogen functional groups attached to an aromatic ring is 1. The largest absolute Gasteiger partial charge is 0.493 e. The fourth-order valence-corrected chi connectivity index (χ4v) is 4.07. The third kappa shape index (κ3) is 4.70. The molecular weight excluding hydrogens is 360 g/mol. The molecule has 0 amide bonds. The van der Waals surface area contributed by atoms with E-state index in [1.165, 1.54) is 24.0 Å². The van der Waals surface area contributed by atoms with E-state index in [2.05, 4.69) is 35.3 Å². The third-order valence-electron chi connectivity index (χ3n) is 5.65. The monoisotopic (exact) mass is 388 g/mol. The number of rotatable bonds is 7. The molecule has 0 saturated heterocycles. The molecule has 1 aliphatic rings. The van der Waals surface area contributed by atoms with Gasteiger partial charge in [0.05, 0.1) is 13.2 Å². The van der Waals surface area contributed by atoms with Gasteiger partial charge in [0.1, 0.15) is 0 Å². The Balaban J connectivity index is 1.63. The zero-order chi connectivity index (χ0) is 20.1. The molecule has 4 rings (SSSR count). The maximum Gasteiger partial charge on any atom is 0.161 e. The molecule has 0 spiro atoms. The highest BCUT2D eigenvalue weighted by Gasteiger charge is 2.20. The normalized spacial score (nSPS) is 15.2. The summed E-state index contributed by atoms with van der Waals surface area (Å²) in [6.07, 6.45) is 7.69. The Morgan fingerprint density at radius 3 is 2.48 bits per heavy atom. The maximum absolute atomic E-state index is 6.29. The number of pyridine rings is 1. The van der Waals surface area contributed by atoms with Gasteiger partial charge in [0.15, 0.2) is 11.5 Å². The first kappa shape index (κ1) is 19.3. The quantitative estimate of drug-likeness (QED) is 0.553. The Kier molecular flexibility index (Phi) is 5.99. The van der Waals surface area contributed by atoms with Crippen molar-refractivity contribution in [1.29, 1.82) is 0 Å². The predicted molar refractivity (Wildman–Crippen MR) is 117 cm³/mol. The van der Waals surface area contributed by atoms with Crippen molar-refractivity contribution >= 4 is 5.69 Å². The lowest BCUT2D eigenvalue weighted by atomic mass is 9.88. The average Bonchev–Trinajstić information content (AvgIpc) is 3.27. The SMILES string of the molecule is COc1ccc(CC(c2ccc(N)cc2)c2ccccn2)cc1OC1CCCC1. The molecule has 2 N–H and O–H groups in total. The van der Waals surface area contributed by atoms with Crippen molar-refractivity contribution in [1.82, 2.24) is 4.98 Å². The minimum absolute atomic E-state index is 0.143. The summed E-state index contributed by atoms with van der Waals surface area (Å²) in [7, 11) is 1.70. The van der Waals surface area contributed by atoms with Gasteiger partial charge in [-0.2, -0.15) is 0 Å². The minimum atomic E-state index is 0.143. The van der Waals surface area contributed by atoms with E-state index >= 15 is 0 Å². The molecule has 2 aromatic carbocycles. The number of benzene rings is 2. The standard InChI is InChI=1S/C25H28N2O2/c1-28-24-14-9-18(17-25(24)29-21-6-2-3-7-21)16-22(23-8-4-5-15-27-23)19-10-12-20(26)13-11-19/h4-5,8-15,17,21-22H,2-3,6-7,16,26H2,1H3. The summed E-state index contributed by atoms with van der Waals surface area (Å²) in [5, 5.41) is 0. The average molecular weight is 389 g/mol. The van der Waals surface area contributed by atoms with Crippen molar-refractivity contribution in [2.45, 2.75) is 44.1 Å². The van der Waals surface area contributed by atoms with Crippen LogP contribution in [0.4, 0.5) is 5.69 Å². The lowest BCUT2D eigenvalue weighted by Crippen LogP contribution is -2.12. The van der Waals surface area contributed by atoms with Gasteiger partial charge in [0.2, 0.25) is 0 Å². The Labute approximate surface area is 172 Å². The first-order valence-corrected chi connectivity index (χ1v) is 10.3. The highest BCUT2D eigenvalue weighted by atomic mass is 16.5. The number of nitrogens with zero attached hydrogens (tertiary/aromatic N) is 1. The van der Waals surface area contributed by atoms with E-state index in [9.17, 15) is 0 Å². The summed E-state index contributed by atoms with van der Waals surface area (Å²) >= 11 is 0. The summed E-state index contributed by atoms with van der Waals surface area (Å²) in [5.41, 5.74) is 10.1.